The molecule has 1 fully saturated rings. The van der Waals surface area contributed by atoms with E-state index in [1.54, 1.807) is 0 Å². The molecule has 4 heteroatoms. The van der Waals surface area contributed by atoms with E-state index in [1.165, 1.54) is 19.3 Å². The van der Waals surface area contributed by atoms with Gasteiger partial charge in [0.1, 0.15) is 11.6 Å². The van der Waals surface area contributed by atoms with Crippen molar-refractivity contribution in [1.29, 1.82) is 0 Å². The second-order valence-corrected chi connectivity index (χ2v) is 7.17. The first-order valence-corrected chi connectivity index (χ1v) is 9.48. The van der Waals surface area contributed by atoms with Gasteiger partial charge in [-0.3, -0.25) is 4.98 Å². The molecular formula is C22H25N3O. The van der Waals surface area contributed by atoms with Crippen molar-refractivity contribution in [3.63, 3.8) is 0 Å². The summed E-state index contributed by atoms with van der Waals surface area (Å²) in [6, 6.07) is 14.5. The van der Waals surface area contributed by atoms with Crippen molar-refractivity contribution in [3.05, 3.63) is 48.7 Å². The van der Waals surface area contributed by atoms with Crippen LogP contribution in [0, 0.1) is 0 Å². The molecule has 1 aromatic heterocycles. The van der Waals surface area contributed by atoms with Crippen molar-refractivity contribution in [1.82, 2.24) is 9.97 Å². The monoisotopic (exact) mass is 347 g/mol. The minimum atomic E-state index is 0.185. The fourth-order valence-electron chi connectivity index (χ4n) is 3.45. The predicted octanol–water partition coefficient (Wildman–Crippen LogP) is 5.07. The molecule has 26 heavy (non-hydrogen) atoms. The third kappa shape index (κ3) is 3.64. The van der Waals surface area contributed by atoms with Crippen LogP contribution in [0.4, 0.5) is 5.82 Å². The fraction of sp³-hybridized carbons (Fsp3) is 0.364. The van der Waals surface area contributed by atoms with Crippen LogP contribution in [0.25, 0.3) is 22.2 Å². The molecule has 1 saturated heterocycles. The zero-order chi connectivity index (χ0) is 17.9. The summed E-state index contributed by atoms with van der Waals surface area (Å²) >= 11 is 0. The van der Waals surface area contributed by atoms with Crippen LogP contribution in [-0.2, 0) is 0 Å². The maximum atomic E-state index is 5.73. The molecule has 0 atom stereocenters. The molecule has 0 spiro atoms. The molecule has 134 valence electrons. The van der Waals surface area contributed by atoms with Gasteiger partial charge in [-0.05, 0) is 68.5 Å². The van der Waals surface area contributed by atoms with E-state index in [-0.39, 0.29) is 6.10 Å². The van der Waals surface area contributed by atoms with Crippen LogP contribution in [0.1, 0.15) is 33.1 Å². The van der Waals surface area contributed by atoms with Crippen LogP contribution in [-0.4, -0.2) is 29.2 Å². The number of nitrogens with zero attached hydrogens (tertiary/aromatic N) is 3. The molecule has 3 aromatic rings. The number of ether oxygens (including phenoxy) is 1. The molecule has 0 bridgehead atoms. The third-order valence-corrected chi connectivity index (χ3v) is 4.77. The van der Waals surface area contributed by atoms with Crippen LogP contribution in [0.5, 0.6) is 5.75 Å². The smallest absolute Gasteiger partial charge is 0.147 e. The van der Waals surface area contributed by atoms with Gasteiger partial charge in [-0.15, -0.1) is 0 Å². The van der Waals surface area contributed by atoms with Crippen LogP contribution in [0.15, 0.2) is 48.7 Å². The van der Waals surface area contributed by atoms with E-state index >= 15 is 0 Å². The lowest BCUT2D eigenvalue weighted by atomic mass is 10.0. The van der Waals surface area contributed by atoms with Gasteiger partial charge in [-0.1, -0.05) is 18.2 Å². The van der Waals surface area contributed by atoms with Crippen LogP contribution >= 0.6 is 0 Å². The van der Waals surface area contributed by atoms with Gasteiger partial charge in [0, 0.05) is 13.1 Å². The van der Waals surface area contributed by atoms with E-state index in [1.807, 2.05) is 32.2 Å². The maximum absolute atomic E-state index is 5.73. The van der Waals surface area contributed by atoms with Crippen molar-refractivity contribution in [2.45, 2.75) is 39.2 Å². The van der Waals surface area contributed by atoms with Crippen molar-refractivity contribution in [3.8, 4) is 16.9 Å². The molecular weight excluding hydrogens is 322 g/mol. The second kappa shape index (κ2) is 7.32. The SMILES string of the molecule is CC(C)Oc1ccc(-c2ccc3ncc(N4CCCCC4)nc3c2)cc1. The molecule has 1 aliphatic rings. The van der Waals surface area contributed by atoms with Crippen LogP contribution in [0.3, 0.4) is 0 Å². The Hall–Kier alpha value is -2.62. The first kappa shape index (κ1) is 16.8. The fourth-order valence-corrected chi connectivity index (χ4v) is 3.45. The number of anilines is 1. The Kier molecular flexibility index (Phi) is 4.74. The largest absolute Gasteiger partial charge is 0.491 e. The highest BCUT2D eigenvalue weighted by Gasteiger charge is 2.13. The average Bonchev–Trinajstić information content (AvgIpc) is 2.68. The molecule has 0 amide bonds. The molecule has 4 nitrogen and oxygen atoms in total. The summed E-state index contributed by atoms with van der Waals surface area (Å²) in [7, 11) is 0. The van der Waals surface area contributed by atoms with Gasteiger partial charge in [0.25, 0.3) is 0 Å². The van der Waals surface area contributed by atoms with Crippen LogP contribution < -0.4 is 9.64 Å². The summed E-state index contributed by atoms with van der Waals surface area (Å²) in [4.78, 5) is 11.8. The van der Waals surface area contributed by atoms with E-state index in [0.717, 1.165) is 46.8 Å². The average molecular weight is 347 g/mol. The second-order valence-electron chi connectivity index (χ2n) is 7.17. The number of aromatic nitrogens is 2. The van der Waals surface area contributed by atoms with Crippen molar-refractivity contribution >= 4 is 16.9 Å². The first-order chi connectivity index (χ1) is 12.7. The Labute approximate surface area is 154 Å². The summed E-state index contributed by atoms with van der Waals surface area (Å²) in [6.45, 7) is 6.24. The van der Waals surface area contributed by atoms with Crippen molar-refractivity contribution in [2.75, 3.05) is 18.0 Å². The highest BCUT2D eigenvalue weighted by Crippen LogP contribution is 2.26. The highest BCUT2D eigenvalue weighted by molar-refractivity contribution is 5.82. The van der Waals surface area contributed by atoms with Gasteiger partial charge < -0.3 is 9.64 Å². The summed E-state index contributed by atoms with van der Waals surface area (Å²) in [5, 5.41) is 0. The molecule has 1 aliphatic heterocycles. The summed E-state index contributed by atoms with van der Waals surface area (Å²) < 4.78 is 5.73. The quantitative estimate of drug-likeness (QED) is 0.660. The highest BCUT2D eigenvalue weighted by atomic mass is 16.5. The maximum Gasteiger partial charge on any atom is 0.147 e. The van der Waals surface area contributed by atoms with Crippen molar-refractivity contribution < 1.29 is 4.74 Å². The van der Waals surface area contributed by atoms with E-state index in [0.29, 0.717) is 0 Å². The topological polar surface area (TPSA) is 38.2 Å². The summed E-state index contributed by atoms with van der Waals surface area (Å²) in [6.07, 6.45) is 5.89. The van der Waals surface area contributed by atoms with Gasteiger partial charge in [-0.2, -0.15) is 0 Å². The third-order valence-electron chi connectivity index (χ3n) is 4.77. The minimum Gasteiger partial charge on any atom is -0.491 e. The van der Waals surface area contributed by atoms with E-state index in [2.05, 4.69) is 40.2 Å². The predicted molar refractivity (Wildman–Crippen MR) is 107 cm³/mol. The summed E-state index contributed by atoms with van der Waals surface area (Å²) in [5.41, 5.74) is 4.20. The summed E-state index contributed by atoms with van der Waals surface area (Å²) in [5.74, 6) is 1.90. The Morgan fingerprint density at radius 3 is 2.35 bits per heavy atom. The van der Waals surface area contributed by atoms with Crippen LogP contribution in [0.2, 0.25) is 0 Å². The minimum absolute atomic E-state index is 0.185. The zero-order valence-electron chi connectivity index (χ0n) is 15.5. The molecule has 2 aromatic carbocycles. The zero-order valence-corrected chi connectivity index (χ0v) is 15.5. The Balaban J connectivity index is 1.63. The molecule has 0 unspecified atom stereocenters. The Bertz CT molecular complexity index is 884. The lowest BCUT2D eigenvalue weighted by Crippen LogP contribution is -2.30. The van der Waals surface area contributed by atoms with Gasteiger partial charge in [0.2, 0.25) is 0 Å². The Morgan fingerprint density at radius 2 is 1.62 bits per heavy atom. The number of benzene rings is 2. The van der Waals surface area contributed by atoms with E-state index in [4.69, 9.17) is 9.72 Å². The van der Waals surface area contributed by atoms with Gasteiger partial charge in [-0.25, -0.2) is 4.98 Å². The number of hydrogen-bond acceptors (Lipinski definition) is 4. The lowest BCUT2D eigenvalue weighted by Gasteiger charge is -2.27. The molecule has 4 rings (SSSR count). The Morgan fingerprint density at radius 1 is 0.885 bits per heavy atom. The standard InChI is InChI=1S/C22H25N3O/c1-16(2)26-19-9-6-17(7-10-19)18-8-11-20-21(14-18)24-22(15-23-20)25-12-4-3-5-13-25/h6-11,14-16H,3-5,12-13H2,1-2H3. The van der Waals surface area contributed by atoms with E-state index in [9.17, 15) is 0 Å². The molecule has 0 N–H and O–H groups in total. The van der Waals surface area contributed by atoms with E-state index < -0.39 is 0 Å². The van der Waals surface area contributed by atoms with Crippen molar-refractivity contribution in [2.24, 2.45) is 0 Å². The normalized spacial score (nSPS) is 14.8. The number of fused-ring (bicyclic) bond motifs is 1. The number of piperidine rings is 1. The van der Waals surface area contributed by atoms with Gasteiger partial charge in [0.15, 0.2) is 0 Å². The van der Waals surface area contributed by atoms with Gasteiger partial charge >= 0.3 is 0 Å². The molecule has 0 aliphatic carbocycles. The number of hydrogen-bond donors (Lipinski definition) is 0. The first-order valence-electron chi connectivity index (χ1n) is 9.48. The molecule has 0 radical (unpaired) electrons. The molecule has 2 heterocycles. The van der Waals surface area contributed by atoms with Gasteiger partial charge in [0.05, 0.1) is 23.3 Å². The lowest BCUT2D eigenvalue weighted by molar-refractivity contribution is 0.242. The number of rotatable bonds is 4. The molecule has 0 saturated carbocycles.